The first-order valence-electron chi connectivity index (χ1n) is 5.83. The van der Waals surface area contributed by atoms with E-state index in [4.69, 9.17) is 0 Å². The molecule has 0 bridgehead atoms. The van der Waals surface area contributed by atoms with Crippen LogP contribution in [0.15, 0.2) is 44.3 Å². The van der Waals surface area contributed by atoms with E-state index in [9.17, 15) is 0 Å². The summed E-state index contributed by atoms with van der Waals surface area (Å²) >= 11 is 0.485. The molecule has 0 aliphatic carbocycles. The van der Waals surface area contributed by atoms with E-state index < -0.39 is 0 Å². The van der Waals surface area contributed by atoms with Gasteiger partial charge in [-0.05, 0) is 0 Å². The zero-order valence-corrected chi connectivity index (χ0v) is 12.7. The fourth-order valence-corrected chi connectivity index (χ4v) is 2.33. The molecule has 0 heterocycles. The summed E-state index contributed by atoms with van der Waals surface area (Å²) in [5.41, 5.74) is 4.45. The van der Waals surface area contributed by atoms with E-state index in [1.54, 1.807) is 0 Å². The van der Waals surface area contributed by atoms with Crippen molar-refractivity contribution >= 4 is 0 Å². The van der Waals surface area contributed by atoms with Crippen LogP contribution in [0.3, 0.4) is 0 Å². The third-order valence-corrected chi connectivity index (χ3v) is 4.38. The van der Waals surface area contributed by atoms with E-state index in [1.165, 1.54) is 21.2 Å². The Morgan fingerprint density at radius 2 is 1.62 bits per heavy atom. The minimum absolute atomic E-state index is 0.485. The average Bonchev–Trinajstić information content (AvgIpc) is 2.31. The molecule has 0 aromatic rings. The Labute approximate surface area is 108 Å². The van der Waals surface area contributed by atoms with Crippen molar-refractivity contribution in [1.29, 1.82) is 0 Å². The molecule has 0 aliphatic rings. The van der Waals surface area contributed by atoms with Gasteiger partial charge in [-0.25, -0.2) is 0 Å². The average molecular weight is 256 g/mol. The van der Waals surface area contributed by atoms with Crippen LogP contribution < -0.4 is 0 Å². The molecule has 0 amide bonds. The van der Waals surface area contributed by atoms with Gasteiger partial charge in [-0.2, -0.15) is 0 Å². The van der Waals surface area contributed by atoms with Gasteiger partial charge in [-0.3, -0.25) is 0 Å². The van der Waals surface area contributed by atoms with Gasteiger partial charge in [0.05, 0.1) is 0 Å². The maximum absolute atomic E-state index is 2.28. The summed E-state index contributed by atoms with van der Waals surface area (Å²) in [6, 6.07) is 0. The fourth-order valence-electron chi connectivity index (χ4n) is 1.24. The Morgan fingerprint density at radius 1 is 1.00 bits per heavy atom. The van der Waals surface area contributed by atoms with Crippen molar-refractivity contribution in [3.8, 4) is 0 Å². The van der Waals surface area contributed by atoms with Crippen LogP contribution >= 0.6 is 0 Å². The molecule has 0 aromatic carbocycles. The molecule has 90 valence electrons. The Morgan fingerprint density at radius 3 is 2.12 bits per heavy atom. The van der Waals surface area contributed by atoms with E-state index in [1.807, 2.05) is 6.92 Å². The van der Waals surface area contributed by atoms with E-state index in [-0.39, 0.29) is 0 Å². The Balaban J connectivity index is 4.71. The van der Waals surface area contributed by atoms with Crippen LogP contribution in [0.25, 0.3) is 0 Å². The van der Waals surface area contributed by atoms with Crippen molar-refractivity contribution < 1.29 is 15.2 Å². The molecular formula is C15H24Cr. The predicted octanol–water partition coefficient (Wildman–Crippen LogP) is 5.20. The Hall–Kier alpha value is -0.508. The summed E-state index contributed by atoms with van der Waals surface area (Å²) in [5.74, 6) is 0. The van der Waals surface area contributed by atoms with Crippen LogP contribution in [-0.4, -0.2) is 0 Å². The molecule has 0 unspecified atom stereocenters. The van der Waals surface area contributed by atoms with Gasteiger partial charge in [0.1, 0.15) is 0 Å². The molecule has 0 fully saturated rings. The van der Waals surface area contributed by atoms with Crippen molar-refractivity contribution in [3.63, 3.8) is 0 Å². The zero-order valence-electron chi connectivity index (χ0n) is 11.4. The van der Waals surface area contributed by atoms with E-state index in [2.05, 4.69) is 57.8 Å². The SMILES string of the molecule is CC=CC=[CH][Cr][C](C)=C(C)C(C)=C(C)CC. The van der Waals surface area contributed by atoms with Crippen LogP contribution in [0.4, 0.5) is 0 Å². The zero-order chi connectivity index (χ0) is 12.6. The molecule has 0 saturated heterocycles. The second-order valence-corrected chi connectivity index (χ2v) is 5.66. The first-order chi connectivity index (χ1) is 7.54. The Kier molecular flexibility index (Phi) is 8.35. The molecule has 0 spiro atoms. The number of hydrogen-bond acceptors (Lipinski definition) is 0. The first-order valence-corrected chi connectivity index (χ1v) is 7.20. The van der Waals surface area contributed by atoms with Crippen LogP contribution in [0.2, 0.25) is 0 Å². The number of hydrogen-bond donors (Lipinski definition) is 0. The summed E-state index contributed by atoms with van der Waals surface area (Å²) in [5, 5.41) is 0. The molecule has 1 heteroatoms. The number of allylic oxidation sites excluding steroid dienone is 7. The fraction of sp³-hybridized carbons (Fsp3) is 0.467. The van der Waals surface area contributed by atoms with Gasteiger partial charge in [0.15, 0.2) is 0 Å². The van der Waals surface area contributed by atoms with Crippen molar-refractivity contribution in [2.75, 3.05) is 0 Å². The minimum atomic E-state index is 0.485. The Bertz CT molecular complexity index is 327. The van der Waals surface area contributed by atoms with E-state index >= 15 is 0 Å². The van der Waals surface area contributed by atoms with Gasteiger partial charge in [0.2, 0.25) is 0 Å². The van der Waals surface area contributed by atoms with Crippen LogP contribution in [-0.2, 0) is 15.2 Å². The third-order valence-electron chi connectivity index (χ3n) is 2.89. The van der Waals surface area contributed by atoms with Crippen molar-refractivity contribution in [3.05, 3.63) is 44.3 Å². The molecule has 0 nitrogen and oxygen atoms in total. The molecule has 0 radical (unpaired) electrons. The summed E-state index contributed by atoms with van der Waals surface area (Å²) in [6.07, 6.45) is 7.44. The summed E-state index contributed by atoms with van der Waals surface area (Å²) in [7, 11) is 0. The predicted molar refractivity (Wildman–Crippen MR) is 71.0 cm³/mol. The van der Waals surface area contributed by atoms with Gasteiger partial charge in [0, 0.05) is 0 Å². The van der Waals surface area contributed by atoms with Gasteiger partial charge in [-0.1, -0.05) is 0 Å². The normalized spacial score (nSPS) is 15.6. The number of rotatable bonds is 5. The van der Waals surface area contributed by atoms with E-state index in [0.29, 0.717) is 15.2 Å². The third kappa shape index (κ3) is 5.54. The van der Waals surface area contributed by atoms with Gasteiger partial charge in [0.25, 0.3) is 0 Å². The maximum atomic E-state index is 2.28. The van der Waals surface area contributed by atoms with Gasteiger partial charge < -0.3 is 0 Å². The van der Waals surface area contributed by atoms with Gasteiger partial charge >= 0.3 is 108 Å². The van der Waals surface area contributed by atoms with Crippen LogP contribution in [0.1, 0.15) is 48.0 Å². The second kappa shape index (κ2) is 8.62. The van der Waals surface area contributed by atoms with Crippen LogP contribution in [0, 0.1) is 0 Å². The van der Waals surface area contributed by atoms with Crippen LogP contribution in [0.5, 0.6) is 0 Å². The topological polar surface area (TPSA) is 0 Å². The summed E-state index contributed by atoms with van der Waals surface area (Å²) in [4.78, 5) is 2.28. The second-order valence-electron chi connectivity index (χ2n) is 3.91. The quantitative estimate of drug-likeness (QED) is 0.593. The first kappa shape index (κ1) is 15.5. The molecule has 0 N–H and O–H groups in total. The molecule has 0 rings (SSSR count). The molecule has 0 aromatic heterocycles. The monoisotopic (exact) mass is 256 g/mol. The van der Waals surface area contributed by atoms with Crippen molar-refractivity contribution in [2.24, 2.45) is 0 Å². The molecule has 0 saturated carbocycles. The summed E-state index contributed by atoms with van der Waals surface area (Å²) < 4.78 is 1.53. The molecule has 0 aliphatic heterocycles. The van der Waals surface area contributed by atoms with E-state index in [0.717, 1.165) is 6.42 Å². The van der Waals surface area contributed by atoms with Crippen molar-refractivity contribution in [1.82, 2.24) is 0 Å². The molecule has 16 heavy (non-hydrogen) atoms. The molecular weight excluding hydrogens is 232 g/mol. The molecule has 0 atom stereocenters. The standard InChI is InChI=1S/C10H17.C5H7.Cr/c1-6-8(3)10(5)9(4)7-2;1-3-5-4-2;/h6H2,1-5H3;1,3-5H,2H3;. The van der Waals surface area contributed by atoms with Gasteiger partial charge in [-0.15, -0.1) is 0 Å². The van der Waals surface area contributed by atoms with Crippen molar-refractivity contribution in [2.45, 2.75) is 48.0 Å². The summed E-state index contributed by atoms with van der Waals surface area (Å²) in [6.45, 7) is 13.2.